The van der Waals surface area contributed by atoms with E-state index in [1.807, 2.05) is 6.92 Å². The van der Waals surface area contributed by atoms with Crippen molar-refractivity contribution < 1.29 is 13.2 Å². The first-order valence-electron chi connectivity index (χ1n) is 6.81. The lowest BCUT2D eigenvalue weighted by atomic mass is 9.95. The highest BCUT2D eigenvalue weighted by Gasteiger charge is 2.33. The fourth-order valence-corrected chi connectivity index (χ4v) is 4.40. The molecule has 0 bridgehead atoms. The van der Waals surface area contributed by atoms with Gasteiger partial charge in [-0.1, -0.05) is 6.92 Å². The third-order valence-electron chi connectivity index (χ3n) is 3.89. The number of nitrogens with zero attached hydrogens (tertiary/aromatic N) is 1. The molecule has 0 amide bonds. The number of hydrogen-bond acceptors (Lipinski definition) is 4. The van der Waals surface area contributed by atoms with Gasteiger partial charge < -0.3 is 10.5 Å². The monoisotopic (exact) mass is 298 g/mol. The molecule has 1 aliphatic rings. The Balaban J connectivity index is 2.35. The van der Waals surface area contributed by atoms with E-state index < -0.39 is 10.0 Å². The molecule has 0 radical (unpaired) electrons. The summed E-state index contributed by atoms with van der Waals surface area (Å²) in [6.07, 6.45) is 1.79. The first kappa shape index (κ1) is 15.1. The predicted molar refractivity (Wildman–Crippen MR) is 79.2 cm³/mol. The lowest BCUT2D eigenvalue weighted by molar-refractivity contribution is 0.220. The summed E-state index contributed by atoms with van der Waals surface area (Å²) in [5, 5.41) is 0. The second-order valence-corrected chi connectivity index (χ2v) is 7.39. The van der Waals surface area contributed by atoms with Gasteiger partial charge in [0, 0.05) is 18.7 Å². The summed E-state index contributed by atoms with van der Waals surface area (Å²) in [5.74, 6) is 0.960. The number of nitrogens with two attached hydrogens (primary N) is 1. The summed E-state index contributed by atoms with van der Waals surface area (Å²) in [4.78, 5) is 0.241. The van der Waals surface area contributed by atoms with Crippen molar-refractivity contribution in [2.24, 2.45) is 5.92 Å². The van der Waals surface area contributed by atoms with E-state index in [2.05, 4.69) is 6.92 Å². The first-order valence-corrected chi connectivity index (χ1v) is 8.25. The molecule has 5 nitrogen and oxygen atoms in total. The van der Waals surface area contributed by atoms with Crippen LogP contribution in [0.3, 0.4) is 0 Å². The number of nitrogen functional groups attached to an aromatic ring is 1. The number of sulfonamides is 1. The molecular weight excluding hydrogens is 276 g/mol. The maximum Gasteiger partial charge on any atom is 0.243 e. The Labute approximate surface area is 120 Å². The first-order chi connectivity index (χ1) is 9.36. The van der Waals surface area contributed by atoms with Gasteiger partial charge >= 0.3 is 0 Å². The summed E-state index contributed by atoms with van der Waals surface area (Å²) >= 11 is 0. The molecule has 2 atom stereocenters. The van der Waals surface area contributed by atoms with Crippen molar-refractivity contribution in [2.45, 2.75) is 37.6 Å². The zero-order valence-corrected chi connectivity index (χ0v) is 13.0. The highest BCUT2D eigenvalue weighted by atomic mass is 32.2. The molecule has 2 N–H and O–H groups in total. The Kier molecular flexibility index (Phi) is 4.25. The van der Waals surface area contributed by atoms with E-state index >= 15 is 0 Å². The molecule has 0 aromatic heterocycles. The van der Waals surface area contributed by atoms with Gasteiger partial charge in [-0.2, -0.15) is 4.31 Å². The topological polar surface area (TPSA) is 72.6 Å². The summed E-state index contributed by atoms with van der Waals surface area (Å²) in [7, 11) is -2.01. The van der Waals surface area contributed by atoms with Crippen LogP contribution in [0, 0.1) is 5.92 Å². The third-order valence-corrected chi connectivity index (χ3v) is 5.90. The maximum absolute atomic E-state index is 12.7. The average molecular weight is 298 g/mol. The van der Waals surface area contributed by atoms with Crippen LogP contribution >= 0.6 is 0 Å². The molecule has 2 unspecified atom stereocenters. The van der Waals surface area contributed by atoms with Crippen LogP contribution in [0.2, 0.25) is 0 Å². The SMILES string of the molecule is COc1cc(S(=O)(=O)N2CCC(C)CC2C)ccc1N. The van der Waals surface area contributed by atoms with E-state index in [0.29, 0.717) is 23.9 Å². The van der Waals surface area contributed by atoms with Gasteiger partial charge in [0.25, 0.3) is 0 Å². The Morgan fingerprint density at radius 3 is 2.65 bits per heavy atom. The Hall–Kier alpha value is -1.27. The molecule has 1 saturated heterocycles. The van der Waals surface area contributed by atoms with Crippen molar-refractivity contribution in [3.8, 4) is 5.75 Å². The molecular formula is C14H22N2O3S. The largest absolute Gasteiger partial charge is 0.495 e. The molecule has 1 heterocycles. The molecule has 2 rings (SSSR count). The normalized spacial score (nSPS) is 24.6. The standard InChI is InChI=1S/C14H22N2O3S/c1-10-6-7-16(11(2)8-10)20(17,18)12-4-5-13(15)14(9-12)19-3/h4-5,9-11H,6-8,15H2,1-3H3. The predicted octanol–water partition coefficient (Wildman–Crippen LogP) is 2.09. The Morgan fingerprint density at radius 2 is 2.05 bits per heavy atom. The molecule has 0 aliphatic carbocycles. The van der Waals surface area contributed by atoms with Crippen molar-refractivity contribution in [2.75, 3.05) is 19.4 Å². The van der Waals surface area contributed by atoms with Gasteiger partial charge in [-0.15, -0.1) is 0 Å². The van der Waals surface area contributed by atoms with Gasteiger partial charge in [0.2, 0.25) is 10.0 Å². The van der Waals surface area contributed by atoms with Crippen LogP contribution in [0.4, 0.5) is 5.69 Å². The summed E-state index contributed by atoms with van der Waals surface area (Å²) < 4.78 is 32.1. The fourth-order valence-electron chi connectivity index (χ4n) is 2.73. The van der Waals surface area contributed by atoms with Crippen molar-refractivity contribution in [3.05, 3.63) is 18.2 Å². The van der Waals surface area contributed by atoms with Crippen LogP contribution in [0.5, 0.6) is 5.75 Å². The molecule has 6 heteroatoms. The highest BCUT2D eigenvalue weighted by Crippen LogP contribution is 2.31. The van der Waals surface area contributed by atoms with Crippen molar-refractivity contribution in [3.63, 3.8) is 0 Å². The fraction of sp³-hybridized carbons (Fsp3) is 0.571. The molecule has 1 aromatic carbocycles. The number of piperidine rings is 1. The zero-order chi connectivity index (χ0) is 14.9. The maximum atomic E-state index is 12.7. The molecule has 1 aromatic rings. The third kappa shape index (κ3) is 2.76. The van der Waals surface area contributed by atoms with E-state index in [-0.39, 0.29) is 10.9 Å². The average Bonchev–Trinajstić information content (AvgIpc) is 2.38. The minimum atomic E-state index is -3.49. The van der Waals surface area contributed by atoms with Crippen molar-refractivity contribution in [1.82, 2.24) is 4.31 Å². The van der Waals surface area contributed by atoms with Crippen LogP contribution in [-0.2, 0) is 10.0 Å². The zero-order valence-electron chi connectivity index (χ0n) is 12.2. The second-order valence-electron chi connectivity index (χ2n) is 5.50. The van der Waals surface area contributed by atoms with E-state index in [4.69, 9.17) is 10.5 Å². The van der Waals surface area contributed by atoms with E-state index in [9.17, 15) is 8.42 Å². The van der Waals surface area contributed by atoms with E-state index in [0.717, 1.165) is 12.8 Å². The molecule has 0 saturated carbocycles. The number of rotatable bonds is 3. The minimum Gasteiger partial charge on any atom is -0.495 e. The number of methoxy groups -OCH3 is 1. The van der Waals surface area contributed by atoms with Gasteiger partial charge in [-0.25, -0.2) is 8.42 Å². The molecule has 1 aliphatic heterocycles. The van der Waals surface area contributed by atoms with E-state index in [1.54, 1.807) is 10.4 Å². The van der Waals surface area contributed by atoms with Gasteiger partial charge in [0.1, 0.15) is 5.75 Å². The summed E-state index contributed by atoms with van der Waals surface area (Å²) in [6, 6.07) is 4.63. The molecule has 1 fully saturated rings. The number of benzene rings is 1. The van der Waals surface area contributed by atoms with E-state index in [1.165, 1.54) is 19.2 Å². The van der Waals surface area contributed by atoms with Crippen molar-refractivity contribution in [1.29, 1.82) is 0 Å². The summed E-state index contributed by atoms with van der Waals surface area (Å²) in [5.41, 5.74) is 6.17. The van der Waals surface area contributed by atoms with Crippen LogP contribution in [0.1, 0.15) is 26.7 Å². The van der Waals surface area contributed by atoms with Gasteiger partial charge in [-0.3, -0.25) is 0 Å². The van der Waals surface area contributed by atoms with Crippen LogP contribution in [0.25, 0.3) is 0 Å². The highest BCUT2D eigenvalue weighted by molar-refractivity contribution is 7.89. The van der Waals surface area contributed by atoms with Gasteiger partial charge in [-0.05, 0) is 37.8 Å². The lowest BCUT2D eigenvalue weighted by Crippen LogP contribution is -2.44. The number of ether oxygens (including phenoxy) is 1. The molecule has 0 spiro atoms. The second kappa shape index (κ2) is 5.61. The number of hydrogen-bond donors (Lipinski definition) is 1. The Morgan fingerprint density at radius 1 is 1.35 bits per heavy atom. The molecule has 20 heavy (non-hydrogen) atoms. The smallest absolute Gasteiger partial charge is 0.243 e. The summed E-state index contributed by atoms with van der Waals surface area (Å²) in [6.45, 7) is 4.69. The van der Waals surface area contributed by atoms with Crippen LogP contribution in [-0.4, -0.2) is 32.4 Å². The minimum absolute atomic E-state index is 0.0206. The van der Waals surface area contributed by atoms with Gasteiger partial charge in [0.05, 0.1) is 17.7 Å². The van der Waals surface area contributed by atoms with Crippen LogP contribution in [0.15, 0.2) is 23.1 Å². The van der Waals surface area contributed by atoms with Crippen molar-refractivity contribution >= 4 is 15.7 Å². The van der Waals surface area contributed by atoms with Crippen LogP contribution < -0.4 is 10.5 Å². The number of anilines is 1. The van der Waals surface area contributed by atoms with Gasteiger partial charge in [0.15, 0.2) is 0 Å². The molecule has 112 valence electrons. The quantitative estimate of drug-likeness (QED) is 0.867. The lowest BCUT2D eigenvalue weighted by Gasteiger charge is -2.35. The Bertz CT molecular complexity index is 586.